The smallest absolute Gasteiger partial charge is 0.394 e. The standard InChI is InChI=1S/C8H19NO3.H2O4S/c1-8(2,7-12)9(3-5-10)4-6-11;1-5(2,3)4/h10-12H,3-7H2,1-2H3;(H2,1,2,3,4). The molecular weight excluding hydrogens is 254 g/mol. The van der Waals surface area contributed by atoms with Gasteiger partial charge in [-0.2, -0.15) is 8.42 Å². The highest BCUT2D eigenvalue weighted by atomic mass is 32.3. The summed E-state index contributed by atoms with van der Waals surface area (Å²) in [4.78, 5) is 1.85. The van der Waals surface area contributed by atoms with Gasteiger partial charge in [0.2, 0.25) is 0 Å². The summed E-state index contributed by atoms with van der Waals surface area (Å²) >= 11 is 0. The van der Waals surface area contributed by atoms with Gasteiger partial charge in [0.1, 0.15) is 0 Å². The van der Waals surface area contributed by atoms with E-state index >= 15 is 0 Å². The fourth-order valence-electron chi connectivity index (χ4n) is 1.06. The second-order valence-electron chi connectivity index (χ2n) is 3.85. The van der Waals surface area contributed by atoms with Crippen LogP contribution in [0.15, 0.2) is 0 Å². The van der Waals surface area contributed by atoms with Crippen molar-refractivity contribution < 1.29 is 32.8 Å². The first-order chi connectivity index (χ1) is 7.58. The minimum atomic E-state index is -4.67. The molecule has 8 nitrogen and oxygen atoms in total. The molecule has 0 fully saturated rings. The Morgan fingerprint density at radius 1 is 1.00 bits per heavy atom. The fraction of sp³-hybridized carbons (Fsp3) is 1.00. The third-order valence-corrected chi connectivity index (χ3v) is 1.98. The molecule has 0 saturated heterocycles. The van der Waals surface area contributed by atoms with E-state index in [1.807, 2.05) is 18.7 Å². The molecule has 9 heteroatoms. The number of hydrogen-bond donors (Lipinski definition) is 5. The summed E-state index contributed by atoms with van der Waals surface area (Å²) in [5, 5.41) is 26.4. The van der Waals surface area contributed by atoms with Gasteiger partial charge in [-0.1, -0.05) is 0 Å². The molecule has 0 aromatic heterocycles. The maximum atomic E-state index is 9.01. The van der Waals surface area contributed by atoms with Gasteiger partial charge in [0.05, 0.1) is 19.8 Å². The first-order valence-electron chi connectivity index (χ1n) is 4.86. The molecule has 0 aromatic rings. The molecule has 0 unspecified atom stereocenters. The van der Waals surface area contributed by atoms with Crippen molar-refractivity contribution in [2.45, 2.75) is 19.4 Å². The van der Waals surface area contributed by atoms with Gasteiger partial charge in [0, 0.05) is 18.6 Å². The van der Waals surface area contributed by atoms with E-state index in [0.29, 0.717) is 13.1 Å². The zero-order valence-corrected chi connectivity index (χ0v) is 10.8. The number of aliphatic hydroxyl groups is 3. The van der Waals surface area contributed by atoms with Crippen LogP contribution in [0.2, 0.25) is 0 Å². The highest BCUT2D eigenvalue weighted by Crippen LogP contribution is 2.11. The second kappa shape index (κ2) is 8.75. The summed E-state index contributed by atoms with van der Waals surface area (Å²) in [7, 11) is -4.67. The van der Waals surface area contributed by atoms with Gasteiger partial charge in [0.15, 0.2) is 0 Å². The Kier molecular flexibility index (Phi) is 9.81. The molecule has 0 aliphatic rings. The van der Waals surface area contributed by atoms with Gasteiger partial charge >= 0.3 is 10.4 Å². The molecule has 0 aliphatic carbocycles. The molecule has 0 bridgehead atoms. The van der Waals surface area contributed by atoms with Crippen molar-refractivity contribution in [2.75, 3.05) is 32.9 Å². The fourth-order valence-corrected chi connectivity index (χ4v) is 1.06. The van der Waals surface area contributed by atoms with Crippen LogP contribution in [0.1, 0.15) is 13.8 Å². The molecule has 0 aromatic carbocycles. The maximum Gasteiger partial charge on any atom is 0.394 e. The van der Waals surface area contributed by atoms with Crippen LogP contribution in [0.25, 0.3) is 0 Å². The van der Waals surface area contributed by atoms with Crippen molar-refractivity contribution in [3.8, 4) is 0 Å². The Balaban J connectivity index is 0. The Bertz CT molecular complexity index is 264. The van der Waals surface area contributed by atoms with Crippen molar-refractivity contribution >= 4 is 10.4 Å². The Hall–Kier alpha value is -0.290. The zero-order chi connectivity index (χ0) is 14.1. The van der Waals surface area contributed by atoms with E-state index in [1.165, 1.54) is 0 Å². The van der Waals surface area contributed by atoms with E-state index in [9.17, 15) is 0 Å². The molecule has 17 heavy (non-hydrogen) atoms. The molecule has 0 heterocycles. The van der Waals surface area contributed by atoms with E-state index in [0.717, 1.165) is 0 Å². The minimum Gasteiger partial charge on any atom is -0.395 e. The molecule has 106 valence electrons. The molecule has 0 rings (SSSR count). The third kappa shape index (κ3) is 13.6. The zero-order valence-electron chi connectivity index (χ0n) is 9.94. The molecule has 0 saturated carbocycles. The number of nitrogens with zero attached hydrogens (tertiary/aromatic N) is 1. The number of β-amino-alcohol motifs (C(OH)–C–C–N with tert-alkyl or cyclic N) is 2. The molecule has 0 spiro atoms. The van der Waals surface area contributed by atoms with Crippen LogP contribution in [-0.4, -0.2) is 76.2 Å². The quantitative estimate of drug-likeness (QED) is 0.365. The van der Waals surface area contributed by atoms with Crippen molar-refractivity contribution in [2.24, 2.45) is 0 Å². The Morgan fingerprint density at radius 3 is 1.47 bits per heavy atom. The lowest BCUT2D eigenvalue weighted by molar-refractivity contribution is 0.0314. The van der Waals surface area contributed by atoms with Gasteiger partial charge in [0.25, 0.3) is 0 Å². The van der Waals surface area contributed by atoms with Gasteiger partial charge in [-0.3, -0.25) is 14.0 Å². The SMILES string of the molecule is CC(C)(CO)N(CCO)CCO.O=S(=O)(O)O. The monoisotopic (exact) mass is 275 g/mol. The first kappa shape index (κ1) is 19.1. The third-order valence-electron chi connectivity index (χ3n) is 1.98. The van der Waals surface area contributed by atoms with Crippen LogP contribution in [-0.2, 0) is 10.4 Å². The van der Waals surface area contributed by atoms with Gasteiger partial charge in [-0.15, -0.1) is 0 Å². The molecule has 5 N–H and O–H groups in total. The van der Waals surface area contributed by atoms with Crippen LogP contribution in [0.5, 0.6) is 0 Å². The lowest BCUT2D eigenvalue weighted by atomic mass is 10.0. The van der Waals surface area contributed by atoms with Crippen molar-refractivity contribution in [3.05, 3.63) is 0 Å². The average Bonchev–Trinajstić information content (AvgIpc) is 2.15. The van der Waals surface area contributed by atoms with Crippen LogP contribution >= 0.6 is 0 Å². The van der Waals surface area contributed by atoms with Gasteiger partial charge in [-0.25, -0.2) is 0 Å². The number of rotatable bonds is 6. The van der Waals surface area contributed by atoms with Crippen LogP contribution in [0.4, 0.5) is 0 Å². The highest BCUT2D eigenvalue weighted by Gasteiger charge is 2.24. The summed E-state index contributed by atoms with van der Waals surface area (Å²) in [6, 6.07) is 0. The predicted octanol–water partition coefficient (Wildman–Crippen LogP) is -1.61. The van der Waals surface area contributed by atoms with Crippen molar-refractivity contribution in [3.63, 3.8) is 0 Å². The lowest BCUT2D eigenvalue weighted by Gasteiger charge is -2.36. The molecular formula is C8H21NO7S. The summed E-state index contributed by atoms with van der Waals surface area (Å²) in [5.74, 6) is 0. The van der Waals surface area contributed by atoms with Gasteiger partial charge < -0.3 is 15.3 Å². The average molecular weight is 275 g/mol. The molecule has 0 aliphatic heterocycles. The van der Waals surface area contributed by atoms with E-state index in [4.69, 9.17) is 32.8 Å². The second-order valence-corrected chi connectivity index (χ2v) is 4.75. The van der Waals surface area contributed by atoms with Crippen LogP contribution in [0.3, 0.4) is 0 Å². The minimum absolute atomic E-state index is 0.0208. The predicted molar refractivity (Wildman–Crippen MR) is 61.1 cm³/mol. The maximum absolute atomic E-state index is 9.01. The molecule has 0 radical (unpaired) electrons. The Labute approximate surface area is 101 Å². The van der Waals surface area contributed by atoms with E-state index < -0.39 is 10.4 Å². The van der Waals surface area contributed by atoms with Crippen LogP contribution in [0, 0.1) is 0 Å². The number of hydrogen-bond acceptors (Lipinski definition) is 6. The van der Waals surface area contributed by atoms with E-state index in [2.05, 4.69) is 0 Å². The summed E-state index contributed by atoms with van der Waals surface area (Å²) in [6.45, 7) is 4.82. The summed E-state index contributed by atoms with van der Waals surface area (Å²) in [5.41, 5.74) is -0.370. The van der Waals surface area contributed by atoms with Gasteiger partial charge in [-0.05, 0) is 13.8 Å². The summed E-state index contributed by atoms with van der Waals surface area (Å²) < 4.78 is 31.6. The van der Waals surface area contributed by atoms with Crippen LogP contribution < -0.4 is 0 Å². The Morgan fingerprint density at radius 2 is 1.29 bits per heavy atom. The van der Waals surface area contributed by atoms with Crippen molar-refractivity contribution in [1.29, 1.82) is 0 Å². The normalized spacial score (nSPS) is 12.2. The van der Waals surface area contributed by atoms with E-state index in [-0.39, 0.29) is 25.4 Å². The highest BCUT2D eigenvalue weighted by molar-refractivity contribution is 7.79. The summed E-state index contributed by atoms with van der Waals surface area (Å²) in [6.07, 6.45) is 0. The number of aliphatic hydroxyl groups excluding tert-OH is 3. The van der Waals surface area contributed by atoms with E-state index in [1.54, 1.807) is 0 Å². The largest absolute Gasteiger partial charge is 0.395 e. The first-order valence-corrected chi connectivity index (χ1v) is 6.25. The topological polar surface area (TPSA) is 139 Å². The molecule has 0 atom stereocenters. The molecule has 0 amide bonds. The van der Waals surface area contributed by atoms with Crippen molar-refractivity contribution in [1.82, 2.24) is 4.90 Å². The lowest BCUT2D eigenvalue weighted by Crippen LogP contribution is -2.49.